The van der Waals surface area contributed by atoms with Crippen molar-refractivity contribution in [1.82, 2.24) is 4.90 Å². The summed E-state index contributed by atoms with van der Waals surface area (Å²) in [6, 6.07) is 6.10. The molecule has 0 N–H and O–H groups in total. The van der Waals surface area contributed by atoms with E-state index in [2.05, 4.69) is 4.90 Å². The van der Waals surface area contributed by atoms with Gasteiger partial charge < -0.3 is 14.2 Å². The van der Waals surface area contributed by atoms with E-state index in [0.717, 1.165) is 36.6 Å². The number of ether oxygens (including phenoxy) is 3. The quantitative estimate of drug-likeness (QED) is 0.722. The number of hydrogen-bond acceptors (Lipinski definition) is 5. The average molecular weight is 293 g/mol. The Hall–Kier alpha value is -1.75. The lowest BCUT2D eigenvalue weighted by Crippen LogP contribution is -2.48. The first kappa shape index (κ1) is 15.6. The Balaban J connectivity index is 1.97. The van der Waals surface area contributed by atoms with E-state index in [1.807, 2.05) is 25.1 Å². The van der Waals surface area contributed by atoms with Gasteiger partial charge in [-0.3, -0.25) is 9.69 Å². The number of nitrogens with zero attached hydrogens (tertiary/aromatic N) is 1. The minimum atomic E-state index is -0.117. The monoisotopic (exact) mass is 293 g/mol. The van der Waals surface area contributed by atoms with Crippen LogP contribution in [0.5, 0.6) is 11.5 Å². The van der Waals surface area contributed by atoms with Gasteiger partial charge in [0.05, 0.1) is 27.2 Å². The van der Waals surface area contributed by atoms with Gasteiger partial charge in [-0.1, -0.05) is 6.07 Å². The number of methoxy groups -OCH3 is 2. The van der Waals surface area contributed by atoms with Crippen LogP contribution in [0.1, 0.15) is 25.3 Å². The lowest BCUT2D eigenvalue weighted by molar-refractivity contribution is -0.145. The predicted octanol–water partition coefficient (Wildman–Crippen LogP) is 2.23. The van der Waals surface area contributed by atoms with Gasteiger partial charge in [0.1, 0.15) is 11.5 Å². The molecule has 1 aliphatic heterocycles. The fraction of sp³-hybridized carbons (Fsp3) is 0.562. The Morgan fingerprint density at radius 1 is 1.33 bits per heavy atom. The maximum absolute atomic E-state index is 11.6. The number of rotatable bonds is 7. The summed E-state index contributed by atoms with van der Waals surface area (Å²) in [5.41, 5.74) is 1.10. The molecule has 2 rings (SSSR count). The van der Waals surface area contributed by atoms with Crippen LogP contribution >= 0.6 is 0 Å². The number of carbonyl (C=O) groups is 1. The number of carbonyl (C=O) groups excluding carboxylic acids is 1. The van der Waals surface area contributed by atoms with Gasteiger partial charge in [-0.25, -0.2) is 0 Å². The Bertz CT molecular complexity index is 489. The second-order valence-corrected chi connectivity index (χ2v) is 5.10. The molecule has 1 fully saturated rings. The van der Waals surface area contributed by atoms with E-state index in [4.69, 9.17) is 14.2 Å². The third-order valence-electron chi connectivity index (χ3n) is 3.84. The normalized spacial score (nSPS) is 18.0. The second-order valence-electron chi connectivity index (χ2n) is 5.10. The molecule has 1 unspecified atom stereocenters. The van der Waals surface area contributed by atoms with Crippen LogP contribution in [0.3, 0.4) is 0 Å². The summed E-state index contributed by atoms with van der Waals surface area (Å²) in [7, 11) is 3.30. The van der Waals surface area contributed by atoms with Gasteiger partial charge in [-0.2, -0.15) is 0 Å². The third kappa shape index (κ3) is 3.88. The molecule has 5 heteroatoms. The zero-order valence-electron chi connectivity index (χ0n) is 12.9. The molecule has 21 heavy (non-hydrogen) atoms. The van der Waals surface area contributed by atoms with E-state index in [9.17, 15) is 4.79 Å². The summed E-state index contributed by atoms with van der Waals surface area (Å²) in [6.45, 7) is 4.05. The molecule has 0 spiro atoms. The number of likely N-dealkylation sites (tertiary alicyclic amines) is 1. The largest absolute Gasteiger partial charge is 0.497 e. The van der Waals surface area contributed by atoms with Crippen molar-refractivity contribution in [3.8, 4) is 11.5 Å². The maximum atomic E-state index is 11.6. The van der Waals surface area contributed by atoms with Gasteiger partial charge in [-0.15, -0.1) is 0 Å². The molecule has 0 saturated carbocycles. The minimum absolute atomic E-state index is 0.117. The van der Waals surface area contributed by atoms with Crippen LogP contribution in [0.25, 0.3) is 0 Å². The first-order chi connectivity index (χ1) is 10.2. The molecule has 0 amide bonds. The maximum Gasteiger partial charge on any atom is 0.307 e. The van der Waals surface area contributed by atoms with Crippen LogP contribution in [-0.2, 0) is 16.1 Å². The molecule has 0 aromatic heterocycles. The SMILES string of the molecule is CCOC(=O)CC1CCN1Cc1ccc(OC)cc1OC. The molecule has 1 saturated heterocycles. The molecule has 1 aromatic rings. The van der Waals surface area contributed by atoms with Gasteiger partial charge in [0.2, 0.25) is 0 Å². The summed E-state index contributed by atoms with van der Waals surface area (Å²) in [5.74, 6) is 1.48. The molecule has 0 aliphatic carbocycles. The summed E-state index contributed by atoms with van der Waals surface area (Å²) in [5, 5.41) is 0. The van der Waals surface area contributed by atoms with Crippen molar-refractivity contribution in [2.24, 2.45) is 0 Å². The Labute approximate surface area is 125 Å². The molecular formula is C16H23NO4. The molecule has 1 heterocycles. The predicted molar refractivity (Wildman–Crippen MR) is 79.6 cm³/mol. The summed E-state index contributed by atoms with van der Waals surface area (Å²) < 4.78 is 15.6. The molecular weight excluding hydrogens is 270 g/mol. The van der Waals surface area contributed by atoms with Crippen molar-refractivity contribution < 1.29 is 19.0 Å². The molecule has 1 aromatic carbocycles. The lowest BCUT2D eigenvalue weighted by Gasteiger charge is -2.40. The van der Waals surface area contributed by atoms with E-state index in [-0.39, 0.29) is 12.0 Å². The van der Waals surface area contributed by atoms with Gasteiger partial charge in [0.25, 0.3) is 0 Å². The van der Waals surface area contributed by atoms with Gasteiger partial charge in [-0.05, 0) is 19.4 Å². The van der Waals surface area contributed by atoms with Gasteiger partial charge in [0.15, 0.2) is 0 Å². The molecule has 1 atom stereocenters. The van der Waals surface area contributed by atoms with Crippen molar-refractivity contribution in [3.63, 3.8) is 0 Å². The van der Waals surface area contributed by atoms with Crippen molar-refractivity contribution >= 4 is 5.97 Å². The highest BCUT2D eigenvalue weighted by Gasteiger charge is 2.30. The zero-order chi connectivity index (χ0) is 15.2. The van der Waals surface area contributed by atoms with Crippen LogP contribution < -0.4 is 9.47 Å². The second kappa shape index (κ2) is 7.31. The molecule has 116 valence electrons. The lowest BCUT2D eigenvalue weighted by atomic mass is 9.98. The Morgan fingerprint density at radius 3 is 2.71 bits per heavy atom. The smallest absolute Gasteiger partial charge is 0.307 e. The van der Waals surface area contributed by atoms with Crippen LogP contribution in [0.2, 0.25) is 0 Å². The van der Waals surface area contributed by atoms with Crippen LogP contribution in [-0.4, -0.2) is 44.3 Å². The fourth-order valence-electron chi connectivity index (χ4n) is 2.55. The first-order valence-corrected chi connectivity index (χ1v) is 7.28. The van der Waals surface area contributed by atoms with Crippen molar-refractivity contribution in [3.05, 3.63) is 23.8 Å². The van der Waals surface area contributed by atoms with Crippen molar-refractivity contribution in [2.45, 2.75) is 32.4 Å². The molecule has 5 nitrogen and oxygen atoms in total. The van der Waals surface area contributed by atoms with E-state index < -0.39 is 0 Å². The van der Waals surface area contributed by atoms with E-state index in [1.165, 1.54) is 0 Å². The average Bonchev–Trinajstić information content (AvgIpc) is 2.49. The number of esters is 1. The zero-order valence-corrected chi connectivity index (χ0v) is 12.9. The standard InChI is InChI=1S/C16H23NO4/c1-4-21-16(18)9-13-7-8-17(13)11-12-5-6-14(19-2)10-15(12)20-3/h5-6,10,13H,4,7-9,11H2,1-3H3. The van der Waals surface area contributed by atoms with Crippen LogP contribution in [0, 0.1) is 0 Å². The molecule has 0 bridgehead atoms. The van der Waals surface area contributed by atoms with E-state index in [0.29, 0.717) is 13.0 Å². The third-order valence-corrected chi connectivity index (χ3v) is 3.84. The fourth-order valence-corrected chi connectivity index (χ4v) is 2.55. The summed E-state index contributed by atoms with van der Waals surface area (Å²) in [6.07, 6.45) is 1.50. The molecule has 0 radical (unpaired) electrons. The Kier molecular flexibility index (Phi) is 5.44. The van der Waals surface area contributed by atoms with Crippen LogP contribution in [0.15, 0.2) is 18.2 Å². The Morgan fingerprint density at radius 2 is 2.14 bits per heavy atom. The van der Waals surface area contributed by atoms with Crippen LogP contribution in [0.4, 0.5) is 0 Å². The summed E-state index contributed by atoms with van der Waals surface area (Å²) in [4.78, 5) is 13.8. The highest BCUT2D eigenvalue weighted by molar-refractivity contribution is 5.70. The van der Waals surface area contributed by atoms with Gasteiger partial charge in [0, 0.05) is 30.8 Å². The van der Waals surface area contributed by atoms with Gasteiger partial charge >= 0.3 is 5.97 Å². The van der Waals surface area contributed by atoms with E-state index >= 15 is 0 Å². The molecule has 1 aliphatic rings. The van der Waals surface area contributed by atoms with E-state index in [1.54, 1.807) is 14.2 Å². The topological polar surface area (TPSA) is 48.0 Å². The highest BCUT2D eigenvalue weighted by Crippen LogP contribution is 2.29. The minimum Gasteiger partial charge on any atom is -0.497 e. The van der Waals surface area contributed by atoms with Crippen molar-refractivity contribution in [2.75, 3.05) is 27.4 Å². The highest BCUT2D eigenvalue weighted by atomic mass is 16.5. The number of benzene rings is 1. The number of hydrogen-bond donors (Lipinski definition) is 0. The summed E-state index contributed by atoms with van der Waals surface area (Å²) >= 11 is 0. The van der Waals surface area contributed by atoms with Crippen molar-refractivity contribution in [1.29, 1.82) is 0 Å². The first-order valence-electron chi connectivity index (χ1n) is 7.28.